The highest BCUT2D eigenvalue weighted by Crippen LogP contribution is 2.64. The van der Waals surface area contributed by atoms with Gasteiger partial charge in [-0.1, -0.05) is 213 Å². The maximum Gasteiger partial charge on any atom is 0.0726 e. The molecule has 0 unspecified atom stereocenters. The molecule has 0 atom stereocenters. The van der Waals surface area contributed by atoms with Gasteiger partial charge in [0.1, 0.15) is 0 Å². The van der Waals surface area contributed by atoms with Crippen LogP contribution in [0.5, 0.6) is 0 Å². The minimum absolute atomic E-state index is 0.0158. The lowest BCUT2D eigenvalue weighted by Gasteiger charge is -2.33. The van der Waals surface area contributed by atoms with Crippen LogP contribution in [0.4, 0.5) is 34.1 Å². The molecule has 0 N–H and O–H groups in total. The molecule has 0 bridgehead atoms. The second-order valence-corrected chi connectivity index (χ2v) is 30.8. The minimum atomic E-state index is -0.571. The van der Waals surface area contributed by atoms with Crippen molar-refractivity contribution < 1.29 is 0 Å². The molecule has 11 aromatic carbocycles. The molecule has 0 aliphatic heterocycles. The average molecular weight is 1140 g/mol. The van der Waals surface area contributed by atoms with E-state index in [1.165, 1.54) is 121 Å². The van der Waals surface area contributed by atoms with Crippen molar-refractivity contribution in [2.75, 3.05) is 9.80 Å². The molecule has 3 nitrogen and oxygen atoms in total. The molecule has 15 rings (SSSR count). The van der Waals surface area contributed by atoms with E-state index in [-0.39, 0.29) is 27.1 Å². The Morgan fingerprint density at radius 2 is 0.682 bits per heavy atom. The summed E-state index contributed by atoms with van der Waals surface area (Å²) >= 11 is 0. The van der Waals surface area contributed by atoms with E-state index in [2.05, 4.69) is 336 Å². The first kappa shape index (κ1) is 55.6. The number of hydrogen-bond donors (Lipinski definition) is 0. The van der Waals surface area contributed by atoms with Crippen LogP contribution in [0.25, 0.3) is 71.1 Å². The zero-order valence-corrected chi connectivity index (χ0v) is 54.1. The maximum absolute atomic E-state index is 2.60. The van der Waals surface area contributed by atoms with Gasteiger partial charge in [0, 0.05) is 55.7 Å². The summed E-state index contributed by atoms with van der Waals surface area (Å²) in [6.07, 6.45) is 0. The van der Waals surface area contributed by atoms with Gasteiger partial charge in [-0.05, 0) is 219 Å². The molecule has 2 aliphatic rings. The lowest BCUT2D eigenvalue weighted by atomic mass is 9.70. The highest BCUT2D eigenvalue weighted by atomic mass is 15.1. The molecule has 2 heterocycles. The van der Waals surface area contributed by atoms with E-state index >= 15 is 0 Å². The van der Waals surface area contributed by atoms with Gasteiger partial charge in [-0.15, -0.1) is 0 Å². The van der Waals surface area contributed by atoms with E-state index in [1.54, 1.807) is 0 Å². The Balaban J connectivity index is 0.985. The van der Waals surface area contributed by atoms with Gasteiger partial charge >= 0.3 is 0 Å². The molecule has 2 aliphatic carbocycles. The highest BCUT2D eigenvalue weighted by Gasteiger charge is 2.52. The first-order chi connectivity index (χ1) is 41.8. The van der Waals surface area contributed by atoms with Crippen LogP contribution in [0, 0.1) is 0 Å². The predicted molar refractivity (Wildman–Crippen MR) is 378 cm³/mol. The van der Waals surface area contributed by atoms with Gasteiger partial charge in [0.25, 0.3) is 0 Å². The summed E-state index contributed by atoms with van der Waals surface area (Å²) in [6, 6.07) is 85.2. The van der Waals surface area contributed by atoms with Gasteiger partial charge in [-0.3, -0.25) is 0 Å². The van der Waals surface area contributed by atoms with Crippen LogP contribution >= 0.6 is 0 Å². The Morgan fingerprint density at radius 1 is 0.261 bits per heavy atom. The van der Waals surface area contributed by atoms with E-state index in [0.29, 0.717) is 0 Å². The van der Waals surface area contributed by atoms with Crippen LogP contribution in [-0.2, 0) is 32.5 Å². The smallest absolute Gasteiger partial charge is 0.0726 e. The molecule has 3 heteroatoms. The van der Waals surface area contributed by atoms with Crippen LogP contribution in [0.3, 0.4) is 0 Å². The molecule has 0 fully saturated rings. The normalized spacial score (nSPS) is 13.9. The van der Waals surface area contributed by atoms with Crippen molar-refractivity contribution in [1.29, 1.82) is 0 Å². The lowest BCUT2D eigenvalue weighted by Crippen LogP contribution is -2.26. The van der Waals surface area contributed by atoms with Crippen LogP contribution in [0.1, 0.15) is 154 Å². The molecule has 0 saturated heterocycles. The van der Waals surface area contributed by atoms with Gasteiger partial charge in [0.05, 0.1) is 22.0 Å². The number of nitrogens with zero attached hydrogens (tertiary/aromatic N) is 3. The van der Waals surface area contributed by atoms with Gasteiger partial charge in [0.2, 0.25) is 0 Å². The zero-order chi connectivity index (χ0) is 61.4. The minimum Gasteiger partial charge on any atom is -0.310 e. The van der Waals surface area contributed by atoms with Gasteiger partial charge in [-0.2, -0.15) is 0 Å². The Morgan fingerprint density at radius 3 is 1.20 bits per heavy atom. The van der Waals surface area contributed by atoms with Crippen molar-refractivity contribution in [2.24, 2.45) is 0 Å². The van der Waals surface area contributed by atoms with Gasteiger partial charge < -0.3 is 14.2 Å². The third kappa shape index (κ3) is 8.50. The van der Waals surface area contributed by atoms with E-state index in [9.17, 15) is 0 Å². The number of hydrogen-bond acceptors (Lipinski definition) is 2. The van der Waals surface area contributed by atoms with Crippen molar-refractivity contribution in [3.63, 3.8) is 0 Å². The maximum atomic E-state index is 2.60. The summed E-state index contributed by atoms with van der Waals surface area (Å²) in [7, 11) is 0. The van der Waals surface area contributed by atoms with Crippen LogP contribution < -0.4 is 9.80 Å². The molecule has 0 radical (unpaired) electrons. The fourth-order valence-electron chi connectivity index (χ4n) is 14.9. The second-order valence-electron chi connectivity index (χ2n) is 30.8. The summed E-state index contributed by atoms with van der Waals surface area (Å²) in [5.41, 5.74) is 27.1. The molecule has 13 aromatic rings. The largest absolute Gasteiger partial charge is 0.310 e. The SMILES string of the molecule is CC(C)(C)c1ccc(N(c2cccc(C(C)(C)C)c2)c2ccc3c(c2)C2(c4ccccc4-c4ccccc42)c2cc4cc5c6cc(C(C)(C)C)cc7c8ccc(N(c9ccc(C(C)(C)C)cc9)c9cccc(C(C)(C)C)c9)cc8n(c5cc4cc2-3)c76)cc1. The number of benzene rings is 11. The number of aromatic nitrogens is 1. The Kier molecular flexibility index (Phi) is 12.0. The third-order valence-electron chi connectivity index (χ3n) is 19.8. The topological polar surface area (TPSA) is 10.9 Å². The molecular weight excluding hydrogens is 1060 g/mol. The number of anilines is 6. The number of fused-ring (bicyclic) bond motifs is 17. The fraction of sp³-hybridized carbons (Fsp3) is 0.247. The summed E-state index contributed by atoms with van der Waals surface area (Å²) < 4.78 is 2.60. The third-order valence-corrected chi connectivity index (χ3v) is 19.8. The van der Waals surface area contributed by atoms with Crippen molar-refractivity contribution in [1.82, 2.24) is 4.40 Å². The van der Waals surface area contributed by atoms with E-state index in [0.717, 1.165) is 34.1 Å². The van der Waals surface area contributed by atoms with E-state index in [1.807, 2.05) is 0 Å². The molecule has 1 spiro atoms. The first-order valence-corrected chi connectivity index (χ1v) is 31.9. The quantitative estimate of drug-likeness (QED) is 0.164. The average Bonchev–Trinajstić information content (AvgIpc) is 1.52. The van der Waals surface area contributed by atoms with Crippen molar-refractivity contribution in [3.8, 4) is 22.3 Å². The summed E-state index contributed by atoms with van der Waals surface area (Å²) in [5.74, 6) is 0. The van der Waals surface area contributed by atoms with Crippen LogP contribution in [0.2, 0.25) is 0 Å². The van der Waals surface area contributed by atoms with Crippen molar-refractivity contribution in [2.45, 2.75) is 136 Å². The van der Waals surface area contributed by atoms with Crippen molar-refractivity contribution in [3.05, 3.63) is 268 Å². The summed E-state index contributed by atoms with van der Waals surface area (Å²) in [6.45, 7) is 34.7. The Bertz CT molecular complexity index is 4930. The van der Waals surface area contributed by atoms with Gasteiger partial charge in [-0.25, -0.2) is 0 Å². The van der Waals surface area contributed by atoms with E-state index in [4.69, 9.17) is 0 Å². The Hall–Kier alpha value is -8.92. The van der Waals surface area contributed by atoms with Gasteiger partial charge in [0.15, 0.2) is 0 Å². The predicted octanol–water partition coefficient (Wildman–Crippen LogP) is 23.8. The zero-order valence-electron chi connectivity index (χ0n) is 54.1. The monoisotopic (exact) mass is 1140 g/mol. The van der Waals surface area contributed by atoms with Crippen LogP contribution in [-0.4, -0.2) is 4.40 Å². The molecule has 88 heavy (non-hydrogen) atoms. The standard InChI is InChI=1S/C85H81N3/c1-80(2,3)54-30-34-59(35-31-54)86(61-24-20-22-56(46-61)82(7,8)9)63-38-40-67-69-42-53-45-77-70(43-52(53)44-75(69)85(76(67)50-63)73-28-18-16-26-65(73)66-27-17-19-29-74(66)85)72-49-58(84(13,14)15)48-71-68-41-39-64(51-78(68)88(77)79(71)72)87(60-36-32-55(33-37-60)81(4,5)6)62-25-21-23-57(47-62)83(10,11)12/h16-51H,1-15H3. The molecule has 2 aromatic heterocycles. The lowest BCUT2D eigenvalue weighted by molar-refractivity contribution is 0.590. The molecular formula is C85H81N3. The summed E-state index contributed by atoms with van der Waals surface area (Å²) in [4.78, 5) is 4.96. The Labute approximate surface area is 521 Å². The number of rotatable bonds is 6. The highest BCUT2D eigenvalue weighted by molar-refractivity contribution is 6.25. The molecule has 0 saturated carbocycles. The van der Waals surface area contributed by atoms with Crippen LogP contribution in [0.15, 0.2) is 218 Å². The molecule has 0 amide bonds. The fourth-order valence-corrected chi connectivity index (χ4v) is 14.9. The molecule has 436 valence electrons. The van der Waals surface area contributed by atoms with E-state index < -0.39 is 5.41 Å². The summed E-state index contributed by atoms with van der Waals surface area (Å²) in [5, 5.41) is 7.64. The second kappa shape index (κ2) is 19.0. The first-order valence-electron chi connectivity index (χ1n) is 31.9. The van der Waals surface area contributed by atoms with Crippen molar-refractivity contribution >= 4 is 83.0 Å².